The third kappa shape index (κ3) is 5.82. The van der Waals surface area contributed by atoms with Crippen molar-refractivity contribution in [1.82, 2.24) is 10.2 Å². The van der Waals surface area contributed by atoms with Gasteiger partial charge in [0.05, 0.1) is 18.8 Å². The average molecular weight is 244 g/mol. The molecular formula is C13H28N2O2. The molecule has 1 rings (SSSR count). The van der Waals surface area contributed by atoms with Crippen LogP contribution in [-0.4, -0.2) is 61.0 Å². The van der Waals surface area contributed by atoms with Gasteiger partial charge in [-0.2, -0.15) is 0 Å². The van der Waals surface area contributed by atoms with Gasteiger partial charge in [0.2, 0.25) is 0 Å². The largest absolute Gasteiger partial charge is 0.389 e. The second-order valence-electron chi connectivity index (χ2n) is 5.10. The third-order valence-electron chi connectivity index (χ3n) is 3.30. The number of likely N-dealkylation sites (N-methyl/N-ethyl adjacent to an activating group) is 1. The summed E-state index contributed by atoms with van der Waals surface area (Å²) in [4.78, 5) is 2.38. The molecule has 0 saturated carbocycles. The Labute approximate surface area is 105 Å². The quantitative estimate of drug-likeness (QED) is 0.697. The molecule has 4 nitrogen and oxygen atoms in total. The van der Waals surface area contributed by atoms with Crippen LogP contribution in [0.4, 0.5) is 0 Å². The molecular weight excluding hydrogens is 216 g/mol. The Morgan fingerprint density at radius 3 is 2.53 bits per heavy atom. The summed E-state index contributed by atoms with van der Waals surface area (Å²) in [5.74, 6) is 0. The molecule has 0 aromatic heterocycles. The summed E-state index contributed by atoms with van der Waals surface area (Å²) in [6.07, 6.45) is 2.20. The summed E-state index contributed by atoms with van der Waals surface area (Å²) < 4.78 is 5.45. The number of hydrogen-bond acceptors (Lipinski definition) is 4. The fourth-order valence-electron chi connectivity index (χ4n) is 2.34. The van der Waals surface area contributed by atoms with Crippen LogP contribution in [0.5, 0.6) is 0 Å². The van der Waals surface area contributed by atoms with Crippen molar-refractivity contribution >= 4 is 0 Å². The van der Waals surface area contributed by atoms with Crippen LogP contribution in [0.1, 0.15) is 33.6 Å². The van der Waals surface area contributed by atoms with Crippen LogP contribution in [0.3, 0.4) is 0 Å². The number of aliphatic hydroxyl groups is 1. The number of ether oxygens (including phenoxy) is 1. The number of piperidine rings is 1. The third-order valence-corrected chi connectivity index (χ3v) is 3.30. The summed E-state index contributed by atoms with van der Waals surface area (Å²) in [6, 6.07) is 0.620. The van der Waals surface area contributed by atoms with Crippen LogP contribution >= 0.6 is 0 Å². The van der Waals surface area contributed by atoms with Gasteiger partial charge in [-0.15, -0.1) is 0 Å². The fourth-order valence-corrected chi connectivity index (χ4v) is 2.34. The van der Waals surface area contributed by atoms with E-state index in [4.69, 9.17) is 4.74 Å². The molecule has 0 aliphatic carbocycles. The second-order valence-corrected chi connectivity index (χ2v) is 5.10. The molecule has 1 heterocycles. The standard InChI is InChI=1S/C13H28N2O2/c1-4-15(12-5-7-14-8-6-12)9-13(16)10-17-11(2)3/h11-14,16H,4-10H2,1-3H3. The normalized spacial score (nSPS) is 20.1. The van der Waals surface area contributed by atoms with Gasteiger partial charge in [0.25, 0.3) is 0 Å². The molecule has 1 aliphatic heterocycles. The van der Waals surface area contributed by atoms with Crippen molar-refractivity contribution < 1.29 is 9.84 Å². The maximum Gasteiger partial charge on any atom is 0.0900 e. The van der Waals surface area contributed by atoms with Crippen molar-refractivity contribution in [2.24, 2.45) is 0 Å². The van der Waals surface area contributed by atoms with Crippen LogP contribution in [0.25, 0.3) is 0 Å². The van der Waals surface area contributed by atoms with Crippen LogP contribution < -0.4 is 5.32 Å². The number of aliphatic hydroxyl groups excluding tert-OH is 1. The van der Waals surface area contributed by atoms with E-state index in [2.05, 4.69) is 17.1 Å². The molecule has 2 N–H and O–H groups in total. The van der Waals surface area contributed by atoms with Gasteiger partial charge >= 0.3 is 0 Å². The lowest BCUT2D eigenvalue weighted by Crippen LogP contribution is -2.46. The first-order chi connectivity index (χ1) is 8.13. The fraction of sp³-hybridized carbons (Fsp3) is 1.00. The van der Waals surface area contributed by atoms with E-state index in [0.29, 0.717) is 12.6 Å². The zero-order valence-corrected chi connectivity index (χ0v) is 11.5. The molecule has 0 bridgehead atoms. The molecule has 1 saturated heterocycles. The summed E-state index contributed by atoms with van der Waals surface area (Å²) in [7, 11) is 0. The highest BCUT2D eigenvalue weighted by molar-refractivity contribution is 4.78. The van der Waals surface area contributed by atoms with Gasteiger partial charge in [0.15, 0.2) is 0 Å². The summed E-state index contributed by atoms with van der Waals surface area (Å²) >= 11 is 0. The van der Waals surface area contributed by atoms with E-state index in [0.717, 1.165) is 26.2 Å². The Kier molecular flexibility index (Phi) is 7.04. The summed E-state index contributed by atoms with van der Waals surface area (Å²) in [6.45, 7) is 10.5. The van der Waals surface area contributed by atoms with Crippen LogP contribution in [0, 0.1) is 0 Å². The van der Waals surface area contributed by atoms with Crippen molar-refractivity contribution in [3.63, 3.8) is 0 Å². The lowest BCUT2D eigenvalue weighted by Gasteiger charge is -2.35. The minimum absolute atomic E-state index is 0.193. The zero-order chi connectivity index (χ0) is 12.7. The van der Waals surface area contributed by atoms with E-state index >= 15 is 0 Å². The van der Waals surface area contributed by atoms with Crippen LogP contribution in [-0.2, 0) is 4.74 Å². The minimum Gasteiger partial charge on any atom is -0.389 e. The van der Waals surface area contributed by atoms with Gasteiger partial charge in [-0.25, -0.2) is 0 Å². The molecule has 0 spiro atoms. The smallest absolute Gasteiger partial charge is 0.0900 e. The lowest BCUT2D eigenvalue weighted by atomic mass is 10.0. The van der Waals surface area contributed by atoms with E-state index in [1.165, 1.54) is 12.8 Å². The molecule has 1 unspecified atom stereocenters. The lowest BCUT2D eigenvalue weighted by molar-refractivity contribution is -0.0153. The topological polar surface area (TPSA) is 44.7 Å². The molecule has 0 aromatic rings. The van der Waals surface area contributed by atoms with E-state index in [9.17, 15) is 5.11 Å². The van der Waals surface area contributed by atoms with E-state index in [1.54, 1.807) is 0 Å². The monoisotopic (exact) mass is 244 g/mol. The summed E-state index contributed by atoms with van der Waals surface area (Å²) in [5, 5.41) is 13.3. The van der Waals surface area contributed by atoms with Gasteiger partial charge in [-0.05, 0) is 46.3 Å². The molecule has 102 valence electrons. The molecule has 1 aliphatic rings. The van der Waals surface area contributed by atoms with Crippen molar-refractivity contribution in [3.8, 4) is 0 Å². The highest BCUT2D eigenvalue weighted by Gasteiger charge is 2.21. The molecule has 0 aromatic carbocycles. The van der Waals surface area contributed by atoms with E-state index in [1.807, 2.05) is 13.8 Å². The Balaban J connectivity index is 2.29. The van der Waals surface area contributed by atoms with Crippen molar-refractivity contribution in [2.75, 3.05) is 32.8 Å². The van der Waals surface area contributed by atoms with Crippen LogP contribution in [0.15, 0.2) is 0 Å². The number of nitrogens with one attached hydrogen (secondary N) is 1. The predicted molar refractivity (Wildman–Crippen MR) is 70.2 cm³/mol. The molecule has 1 atom stereocenters. The van der Waals surface area contributed by atoms with Crippen molar-refractivity contribution in [1.29, 1.82) is 0 Å². The van der Waals surface area contributed by atoms with E-state index in [-0.39, 0.29) is 12.2 Å². The first-order valence-electron chi connectivity index (χ1n) is 6.88. The van der Waals surface area contributed by atoms with Crippen molar-refractivity contribution in [2.45, 2.75) is 51.9 Å². The maximum atomic E-state index is 9.95. The van der Waals surface area contributed by atoms with E-state index < -0.39 is 0 Å². The van der Waals surface area contributed by atoms with Gasteiger partial charge in [0.1, 0.15) is 0 Å². The van der Waals surface area contributed by atoms with Gasteiger partial charge < -0.3 is 15.2 Å². The zero-order valence-electron chi connectivity index (χ0n) is 11.5. The highest BCUT2D eigenvalue weighted by atomic mass is 16.5. The molecule has 0 amide bonds. The Morgan fingerprint density at radius 1 is 1.35 bits per heavy atom. The highest BCUT2D eigenvalue weighted by Crippen LogP contribution is 2.12. The Bertz CT molecular complexity index is 194. The first kappa shape index (κ1) is 14.9. The number of hydrogen-bond donors (Lipinski definition) is 2. The first-order valence-corrected chi connectivity index (χ1v) is 6.88. The van der Waals surface area contributed by atoms with Gasteiger partial charge in [-0.1, -0.05) is 6.92 Å². The minimum atomic E-state index is -0.368. The average Bonchev–Trinajstić information content (AvgIpc) is 2.34. The predicted octanol–water partition coefficient (Wildman–Crippen LogP) is 0.846. The maximum absolute atomic E-state index is 9.95. The molecule has 4 heteroatoms. The van der Waals surface area contributed by atoms with Gasteiger partial charge in [-0.3, -0.25) is 4.90 Å². The Morgan fingerprint density at radius 2 is 2.00 bits per heavy atom. The van der Waals surface area contributed by atoms with Crippen molar-refractivity contribution in [3.05, 3.63) is 0 Å². The molecule has 0 radical (unpaired) electrons. The SMILES string of the molecule is CCN(CC(O)COC(C)C)C1CCNCC1. The second kappa shape index (κ2) is 8.03. The van der Waals surface area contributed by atoms with Crippen LogP contribution in [0.2, 0.25) is 0 Å². The van der Waals surface area contributed by atoms with Gasteiger partial charge in [0, 0.05) is 12.6 Å². The summed E-state index contributed by atoms with van der Waals surface area (Å²) in [5.41, 5.74) is 0. The number of rotatable bonds is 7. The molecule has 1 fully saturated rings. The molecule has 17 heavy (non-hydrogen) atoms. The number of nitrogens with zero attached hydrogens (tertiary/aromatic N) is 1. The Hall–Kier alpha value is -0.160.